The van der Waals surface area contributed by atoms with Crippen molar-refractivity contribution in [3.8, 4) is 11.3 Å². The molecule has 0 radical (unpaired) electrons. The summed E-state index contributed by atoms with van der Waals surface area (Å²) in [7, 11) is 0. The van der Waals surface area contributed by atoms with Crippen molar-refractivity contribution in [3.63, 3.8) is 0 Å². The summed E-state index contributed by atoms with van der Waals surface area (Å²) >= 11 is 0. The number of hydrogen-bond acceptors (Lipinski definition) is 3. The summed E-state index contributed by atoms with van der Waals surface area (Å²) in [5.41, 5.74) is 8.77. The smallest absolute Gasteiger partial charge is 0.181 e. The van der Waals surface area contributed by atoms with Crippen LogP contribution in [-0.4, -0.2) is 4.98 Å². The van der Waals surface area contributed by atoms with Crippen LogP contribution >= 0.6 is 0 Å². The van der Waals surface area contributed by atoms with Gasteiger partial charge < -0.3 is 10.2 Å². The highest BCUT2D eigenvalue weighted by Gasteiger charge is 2.03. The van der Waals surface area contributed by atoms with E-state index in [-0.39, 0.29) is 6.04 Å². The lowest BCUT2D eigenvalue weighted by Gasteiger charge is -2.06. The lowest BCUT2D eigenvalue weighted by Crippen LogP contribution is -2.04. The van der Waals surface area contributed by atoms with Gasteiger partial charge in [-0.3, -0.25) is 0 Å². The second-order valence-electron chi connectivity index (χ2n) is 3.29. The van der Waals surface area contributed by atoms with Gasteiger partial charge in [-0.2, -0.15) is 0 Å². The van der Waals surface area contributed by atoms with E-state index in [1.165, 1.54) is 6.39 Å². The molecule has 1 aromatic carbocycles. The van der Waals surface area contributed by atoms with E-state index >= 15 is 0 Å². The molecule has 0 aliphatic heterocycles. The topological polar surface area (TPSA) is 52.0 Å². The Morgan fingerprint density at radius 2 is 2.29 bits per heavy atom. The SMILES string of the molecule is CC(N)c1cccc(-c2cocn2)c1. The molecule has 0 bridgehead atoms. The Morgan fingerprint density at radius 3 is 2.93 bits per heavy atom. The molecule has 1 aromatic heterocycles. The van der Waals surface area contributed by atoms with Crippen molar-refractivity contribution >= 4 is 0 Å². The van der Waals surface area contributed by atoms with Crippen LogP contribution in [0.2, 0.25) is 0 Å². The van der Waals surface area contributed by atoms with Crippen molar-refractivity contribution in [2.75, 3.05) is 0 Å². The average molecular weight is 188 g/mol. The number of hydrogen-bond donors (Lipinski definition) is 1. The van der Waals surface area contributed by atoms with Crippen LogP contribution < -0.4 is 5.73 Å². The largest absolute Gasteiger partial charge is 0.451 e. The molecule has 2 rings (SSSR count). The van der Waals surface area contributed by atoms with Crippen LogP contribution in [-0.2, 0) is 0 Å². The highest BCUT2D eigenvalue weighted by atomic mass is 16.3. The van der Waals surface area contributed by atoms with Gasteiger partial charge in [0.25, 0.3) is 0 Å². The molecule has 1 unspecified atom stereocenters. The summed E-state index contributed by atoms with van der Waals surface area (Å²) in [6, 6.07) is 8.05. The van der Waals surface area contributed by atoms with Crippen molar-refractivity contribution in [2.45, 2.75) is 13.0 Å². The molecule has 0 aliphatic rings. The third-order valence-corrected chi connectivity index (χ3v) is 2.14. The molecule has 0 amide bonds. The maximum Gasteiger partial charge on any atom is 0.181 e. The zero-order valence-corrected chi connectivity index (χ0v) is 7.97. The van der Waals surface area contributed by atoms with Gasteiger partial charge in [0.05, 0.1) is 0 Å². The second-order valence-corrected chi connectivity index (χ2v) is 3.29. The molecular weight excluding hydrogens is 176 g/mol. The fourth-order valence-corrected chi connectivity index (χ4v) is 1.34. The normalized spacial score (nSPS) is 12.7. The van der Waals surface area contributed by atoms with E-state index in [0.717, 1.165) is 16.8 Å². The van der Waals surface area contributed by atoms with Gasteiger partial charge in [0.1, 0.15) is 12.0 Å². The minimum atomic E-state index is 0.0434. The Hall–Kier alpha value is -1.61. The molecule has 0 fully saturated rings. The molecule has 1 atom stereocenters. The Labute approximate surface area is 82.6 Å². The summed E-state index contributed by atoms with van der Waals surface area (Å²) in [6.07, 6.45) is 3.05. The zero-order valence-electron chi connectivity index (χ0n) is 7.97. The standard InChI is InChI=1S/C11H12N2O/c1-8(12)9-3-2-4-10(5-9)11-6-14-7-13-11/h2-8H,12H2,1H3. The molecule has 1 heterocycles. The lowest BCUT2D eigenvalue weighted by molar-refractivity contribution is 0.558. The van der Waals surface area contributed by atoms with Crippen LogP contribution in [0.1, 0.15) is 18.5 Å². The van der Waals surface area contributed by atoms with Crippen LogP contribution in [0.3, 0.4) is 0 Å². The van der Waals surface area contributed by atoms with Crippen molar-refractivity contribution in [1.29, 1.82) is 0 Å². The summed E-state index contributed by atoms with van der Waals surface area (Å²) in [5.74, 6) is 0. The quantitative estimate of drug-likeness (QED) is 0.787. The van der Waals surface area contributed by atoms with Crippen LogP contribution in [0.5, 0.6) is 0 Å². The maximum atomic E-state index is 5.79. The van der Waals surface area contributed by atoms with E-state index in [9.17, 15) is 0 Å². The summed E-state index contributed by atoms with van der Waals surface area (Å²) in [5, 5.41) is 0. The first-order valence-electron chi connectivity index (χ1n) is 4.51. The molecule has 2 aromatic rings. The molecular formula is C11H12N2O. The number of benzene rings is 1. The number of aromatic nitrogens is 1. The van der Waals surface area contributed by atoms with E-state index in [4.69, 9.17) is 10.2 Å². The van der Waals surface area contributed by atoms with Gasteiger partial charge in [-0.1, -0.05) is 18.2 Å². The summed E-state index contributed by atoms with van der Waals surface area (Å²) in [4.78, 5) is 4.08. The van der Waals surface area contributed by atoms with Crippen molar-refractivity contribution in [1.82, 2.24) is 4.98 Å². The van der Waals surface area contributed by atoms with Crippen LogP contribution in [0, 0.1) is 0 Å². The first-order valence-corrected chi connectivity index (χ1v) is 4.51. The van der Waals surface area contributed by atoms with Gasteiger partial charge >= 0.3 is 0 Å². The summed E-state index contributed by atoms with van der Waals surface area (Å²) < 4.78 is 4.93. The Kier molecular flexibility index (Phi) is 2.33. The van der Waals surface area contributed by atoms with Crippen LogP contribution in [0.4, 0.5) is 0 Å². The van der Waals surface area contributed by atoms with Gasteiger partial charge in [0.2, 0.25) is 0 Å². The predicted molar refractivity (Wildman–Crippen MR) is 54.5 cm³/mol. The monoisotopic (exact) mass is 188 g/mol. The fraction of sp³-hybridized carbons (Fsp3) is 0.182. The van der Waals surface area contributed by atoms with Crippen molar-refractivity contribution < 1.29 is 4.42 Å². The van der Waals surface area contributed by atoms with Gasteiger partial charge in [-0.15, -0.1) is 0 Å². The fourth-order valence-electron chi connectivity index (χ4n) is 1.34. The van der Waals surface area contributed by atoms with Crippen molar-refractivity contribution in [2.24, 2.45) is 5.73 Å². The average Bonchev–Trinajstić information content (AvgIpc) is 2.71. The van der Waals surface area contributed by atoms with Crippen molar-refractivity contribution in [3.05, 3.63) is 42.5 Å². The van der Waals surface area contributed by atoms with E-state index in [0.29, 0.717) is 0 Å². The summed E-state index contributed by atoms with van der Waals surface area (Å²) in [6.45, 7) is 1.96. The minimum Gasteiger partial charge on any atom is -0.451 e. The lowest BCUT2D eigenvalue weighted by atomic mass is 10.0. The predicted octanol–water partition coefficient (Wildman–Crippen LogP) is 2.36. The Morgan fingerprint density at radius 1 is 1.43 bits per heavy atom. The Balaban J connectivity index is 2.41. The second kappa shape index (κ2) is 3.64. The molecule has 0 saturated carbocycles. The molecule has 72 valence electrons. The molecule has 0 saturated heterocycles. The molecule has 0 spiro atoms. The molecule has 3 heteroatoms. The third kappa shape index (κ3) is 1.67. The van der Waals surface area contributed by atoms with E-state index in [2.05, 4.69) is 4.98 Å². The first-order chi connectivity index (χ1) is 6.77. The first kappa shape index (κ1) is 8.97. The zero-order chi connectivity index (χ0) is 9.97. The number of oxazole rings is 1. The minimum absolute atomic E-state index is 0.0434. The Bertz CT molecular complexity index is 407. The molecule has 2 N–H and O–H groups in total. The molecule has 3 nitrogen and oxygen atoms in total. The van der Waals surface area contributed by atoms with Gasteiger partial charge in [0, 0.05) is 11.6 Å². The molecule has 0 aliphatic carbocycles. The third-order valence-electron chi connectivity index (χ3n) is 2.14. The number of rotatable bonds is 2. The van der Waals surface area contributed by atoms with Gasteiger partial charge in [0.15, 0.2) is 6.39 Å². The van der Waals surface area contributed by atoms with E-state index in [1.54, 1.807) is 6.26 Å². The number of nitrogens with two attached hydrogens (primary N) is 1. The van der Waals surface area contributed by atoms with E-state index < -0.39 is 0 Å². The highest BCUT2D eigenvalue weighted by Crippen LogP contribution is 2.20. The van der Waals surface area contributed by atoms with Gasteiger partial charge in [-0.25, -0.2) is 4.98 Å². The van der Waals surface area contributed by atoms with Crippen LogP contribution in [0.25, 0.3) is 11.3 Å². The highest BCUT2D eigenvalue weighted by molar-refractivity contribution is 5.58. The van der Waals surface area contributed by atoms with Crippen LogP contribution in [0.15, 0.2) is 41.3 Å². The van der Waals surface area contributed by atoms with Gasteiger partial charge in [-0.05, 0) is 18.6 Å². The van der Waals surface area contributed by atoms with E-state index in [1.807, 2.05) is 31.2 Å². The maximum absolute atomic E-state index is 5.79. The number of nitrogens with zero attached hydrogens (tertiary/aromatic N) is 1. The molecule has 14 heavy (non-hydrogen) atoms.